The number of methoxy groups -OCH3 is 1. The van der Waals surface area contributed by atoms with Gasteiger partial charge < -0.3 is 25.4 Å². The lowest BCUT2D eigenvalue weighted by Crippen LogP contribution is -2.20. The molecule has 0 aliphatic rings. The summed E-state index contributed by atoms with van der Waals surface area (Å²) >= 11 is 0. The highest BCUT2D eigenvalue weighted by molar-refractivity contribution is 6.03. The first-order chi connectivity index (χ1) is 18.5. The van der Waals surface area contributed by atoms with Gasteiger partial charge in [0.1, 0.15) is 5.75 Å². The van der Waals surface area contributed by atoms with Crippen molar-refractivity contribution in [1.82, 2.24) is 0 Å². The summed E-state index contributed by atoms with van der Waals surface area (Å²) in [7, 11) is 1.58. The van der Waals surface area contributed by atoms with Crippen LogP contribution in [-0.2, 0) is 16.0 Å². The molecule has 4 N–H and O–H groups in total. The molecule has 0 fully saturated rings. The predicted octanol–water partition coefficient (Wildman–Crippen LogP) is 7.68. The van der Waals surface area contributed by atoms with E-state index in [2.05, 4.69) is 39.1 Å². The third-order valence-electron chi connectivity index (χ3n) is 6.33. The molecule has 0 saturated carbocycles. The van der Waals surface area contributed by atoms with E-state index in [1.54, 1.807) is 20.1 Å². The maximum atomic E-state index is 12.7. The second-order valence-corrected chi connectivity index (χ2v) is 10.2. The second kappa shape index (κ2) is 22.6. The number of amides is 1. The molecule has 1 aromatic rings. The zero-order chi connectivity index (χ0) is 30.5. The maximum Gasteiger partial charge on any atom is 0.250 e. The van der Waals surface area contributed by atoms with Gasteiger partial charge >= 0.3 is 0 Å². The minimum atomic E-state index is -0.463. The van der Waals surface area contributed by atoms with E-state index in [0.717, 1.165) is 24.0 Å². The van der Waals surface area contributed by atoms with Crippen molar-refractivity contribution in [2.45, 2.75) is 114 Å². The number of aliphatic hydroxyl groups excluding tert-OH is 2. The van der Waals surface area contributed by atoms with E-state index in [4.69, 9.17) is 4.74 Å². The van der Waals surface area contributed by atoms with Crippen molar-refractivity contribution in [2.75, 3.05) is 19.0 Å². The molecular formula is C33H59NO5. The first-order valence-corrected chi connectivity index (χ1v) is 14.8. The predicted molar refractivity (Wildman–Crippen MR) is 166 cm³/mol. The summed E-state index contributed by atoms with van der Waals surface area (Å²) < 4.78 is 5.25. The van der Waals surface area contributed by atoms with Crippen LogP contribution in [0.5, 0.6) is 5.75 Å². The third kappa shape index (κ3) is 16.5. The molecule has 1 amide bonds. The van der Waals surface area contributed by atoms with E-state index in [1.807, 2.05) is 46.8 Å². The normalized spacial score (nSPS) is 14.8. The smallest absolute Gasteiger partial charge is 0.250 e. The average Bonchev–Trinajstić information content (AvgIpc) is 2.91. The SMILES string of the molecule is CC.CC.CC/C(=C\C(C)C)C(O)C(C)CC/C=C(\C)C(=O)Nc1cc(O)cc(CC(C)CC(CO)OC)c1. The van der Waals surface area contributed by atoms with Gasteiger partial charge in [0.25, 0.3) is 5.91 Å². The van der Waals surface area contributed by atoms with Gasteiger partial charge in [-0.3, -0.25) is 4.79 Å². The molecule has 0 bridgehead atoms. The van der Waals surface area contributed by atoms with Crippen LogP contribution in [0.2, 0.25) is 0 Å². The average molecular weight is 550 g/mol. The summed E-state index contributed by atoms with van der Waals surface area (Å²) in [5.74, 6) is 0.630. The topological polar surface area (TPSA) is 99.0 Å². The lowest BCUT2D eigenvalue weighted by atomic mass is 9.90. The molecule has 0 heterocycles. The summed E-state index contributed by atoms with van der Waals surface area (Å²) in [5, 5.41) is 33.0. The summed E-state index contributed by atoms with van der Waals surface area (Å²) in [4.78, 5) is 12.7. The quantitative estimate of drug-likeness (QED) is 0.133. The van der Waals surface area contributed by atoms with Crippen LogP contribution in [0.1, 0.15) is 100 Å². The number of hydrogen-bond acceptors (Lipinski definition) is 5. The summed E-state index contributed by atoms with van der Waals surface area (Å²) in [5.41, 5.74) is 3.13. The van der Waals surface area contributed by atoms with Gasteiger partial charge in [-0.15, -0.1) is 0 Å². The Morgan fingerprint density at radius 3 is 2.21 bits per heavy atom. The van der Waals surface area contributed by atoms with E-state index in [0.29, 0.717) is 36.4 Å². The lowest BCUT2D eigenvalue weighted by molar-refractivity contribution is -0.112. The Balaban J connectivity index is 0. The minimum Gasteiger partial charge on any atom is -0.508 e. The summed E-state index contributed by atoms with van der Waals surface area (Å²) in [6, 6.07) is 5.10. The number of nitrogens with one attached hydrogen (secondary N) is 1. The highest BCUT2D eigenvalue weighted by Gasteiger charge is 2.18. The van der Waals surface area contributed by atoms with E-state index in [1.165, 1.54) is 6.07 Å². The van der Waals surface area contributed by atoms with Crippen molar-refractivity contribution < 1.29 is 24.9 Å². The number of phenols is 1. The van der Waals surface area contributed by atoms with Gasteiger partial charge in [-0.2, -0.15) is 0 Å². The molecule has 0 saturated heterocycles. The summed E-state index contributed by atoms with van der Waals surface area (Å²) in [6.45, 7) is 20.2. The molecule has 0 aromatic heterocycles. The van der Waals surface area contributed by atoms with Crippen LogP contribution in [0.25, 0.3) is 0 Å². The van der Waals surface area contributed by atoms with Crippen LogP contribution in [-0.4, -0.2) is 47.2 Å². The molecule has 4 unspecified atom stereocenters. The first-order valence-electron chi connectivity index (χ1n) is 14.8. The van der Waals surface area contributed by atoms with Gasteiger partial charge in [0.15, 0.2) is 0 Å². The fourth-order valence-electron chi connectivity index (χ4n) is 4.31. The number of aliphatic hydroxyl groups is 2. The number of allylic oxidation sites excluding steroid dienone is 2. The Kier molecular flexibility index (Phi) is 22.6. The van der Waals surface area contributed by atoms with Gasteiger partial charge in [0.2, 0.25) is 0 Å². The highest BCUT2D eigenvalue weighted by Crippen LogP contribution is 2.25. The Labute approximate surface area is 239 Å². The van der Waals surface area contributed by atoms with E-state index >= 15 is 0 Å². The molecule has 6 nitrogen and oxygen atoms in total. The largest absolute Gasteiger partial charge is 0.508 e. The molecule has 226 valence electrons. The minimum absolute atomic E-state index is 0.0278. The molecule has 0 spiro atoms. The van der Waals surface area contributed by atoms with Gasteiger partial charge in [-0.1, -0.05) is 74.5 Å². The number of ether oxygens (including phenoxy) is 1. The fourth-order valence-corrected chi connectivity index (χ4v) is 4.31. The first kappa shape index (κ1) is 39.0. The van der Waals surface area contributed by atoms with Crippen molar-refractivity contribution in [2.24, 2.45) is 17.8 Å². The van der Waals surface area contributed by atoms with Crippen molar-refractivity contribution in [3.63, 3.8) is 0 Å². The van der Waals surface area contributed by atoms with E-state index < -0.39 is 6.10 Å². The Morgan fingerprint density at radius 1 is 1.08 bits per heavy atom. The number of hydrogen-bond donors (Lipinski definition) is 4. The summed E-state index contributed by atoms with van der Waals surface area (Å²) in [6.07, 6.45) is 7.08. The highest BCUT2D eigenvalue weighted by atomic mass is 16.5. The number of carbonyl (C=O) groups excluding carboxylic acids is 1. The Bertz CT molecular complexity index is 842. The van der Waals surface area contributed by atoms with Crippen LogP contribution in [0, 0.1) is 17.8 Å². The number of benzene rings is 1. The molecule has 0 radical (unpaired) electrons. The van der Waals surface area contributed by atoms with Crippen LogP contribution in [0.15, 0.2) is 41.5 Å². The molecule has 1 rings (SSSR count). The number of anilines is 1. The molecular weight excluding hydrogens is 490 g/mol. The molecule has 4 atom stereocenters. The number of phenolic OH excluding ortho intramolecular Hbond substituents is 1. The molecule has 6 heteroatoms. The number of carbonyl (C=O) groups is 1. The molecule has 1 aromatic carbocycles. The van der Waals surface area contributed by atoms with E-state index in [9.17, 15) is 20.1 Å². The molecule has 0 aliphatic heterocycles. The van der Waals surface area contributed by atoms with Crippen molar-refractivity contribution in [3.05, 3.63) is 47.1 Å². The van der Waals surface area contributed by atoms with Crippen LogP contribution >= 0.6 is 0 Å². The Morgan fingerprint density at radius 2 is 1.69 bits per heavy atom. The maximum absolute atomic E-state index is 12.7. The lowest BCUT2D eigenvalue weighted by Gasteiger charge is -2.21. The van der Waals surface area contributed by atoms with Crippen LogP contribution in [0.3, 0.4) is 0 Å². The van der Waals surface area contributed by atoms with Crippen LogP contribution < -0.4 is 5.32 Å². The Hall–Kier alpha value is -2.15. The van der Waals surface area contributed by atoms with Gasteiger partial charge in [0, 0.05) is 24.4 Å². The second-order valence-electron chi connectivity index (χ2n) is 10.2. The molecule has 39 heavy (non-hydrogen) atoms. The zero-order valence-corrected chi connectivity index (χ0v) is 26.7. The van der Waals surface area contributed by atoms with Gasteiger partial charge in [0.05, 0.1) is 18.8 Å². The number of rotatable bonds is 15. The zero-order valence-electron chi connectivity index (χ0n) is 26.7. The van der Waals surface area contributed by atoms with E-state index in [-0.39, 0.29) is 36.2 Å². The number of aromatic hydroxyl groups is 1. The molecule has 0 aliphatic carbocycles. The third-order valence-corrected chi connectivity index (χ3v) is 6.33. The van der Waals surface area contributed by atoms with Crippen molar-refractivity contribution in [1.29, 1.82) is 0 Å². The van der Waals surface area contributed by atoms with Crippen molar-refractivity contribution >= 4 is 11.6 Å². The van der Waals surface area contributed by atoms with Gasteiger partial charge in [-0.25, -0.2) is 0 Å². The van der Waals surface area contributed by atoms with Crippen molar-refractivity contribution in [3.8, 4) is 5.75 Å². The van der Waals surface area contributed by atoms with Crippen LogP contribution in [0.4, 0.5) is 5.69 Å². The fraction of sp³-hybridized carbons (Fsp3) is 0.667. The van der Waals surface area contributed by atoms with Gasteiger partial charge in [-0.05, 0) is 80.1 Å². The standard InChI is InChI=1S/C29H47NO5.2C2H6/c1-8-24(12-19(2)3)28(33)21(5)10-9-11-22(6)29(34)30-25-15-23(16-26(32)17-25)13-20(4)14-27(18-31)35-7;2*1-2/h11-12,15-17,19-21,27-28,31-33H,8-10,13-14,18H2,1-7H3,(H,30,34);2*1-2H3/b22-11+,24-12+;;. The monoisotopic (exact) mass is 549 g/mol.